The lowest BCUT2D eigenvalue weighted by atomic mass is 9.99. The molecule has 8 heavy (non-hydrogen) atoms. The number of rotatable bonds is 0. The largest absolute Gasteiger partial charge is 0.314 e. The molecule has 1 saturated heterocycles. The smallest absolute Gasteiger partial charge is 0.115 e. The van der Waals surface area contributed by atoms with E-state index in [4.69, 9.17) is 0 Å². The zero-order valence-corrected chi connectivity index (χ0v) is 5.15. The summed E-state index contributed by atoms with van der Waals surface area (Å²) in [5.41, 5.74) is 0. The van der Waals surface area contributed by atoms with Crippen LogP contribution in [0.4, 0.5) is 4.39 Å². The average Bonchev–Trinajstić information content (AvgIpc) is 1.77. The lowest BCUT2D eigenvalue weighted by molar-refractivity contribution is 0.194. The second-order valence-corrected chi connectivity index (χ2v) is 2.49. The van der Waals surface area contributed by atoms with Gasteiger partial charge in [-0.3, -0.25) is 0 Å². The van der Waals surface area contributed by atoms with Crippen LogP contribution in [0.25, 0.3) is 0 Å². The van der Waals surface area contributed by atoms with Gasteiger partial charge >= 0.3 is 0 Å². The Labute approximate surface area is 49.3 Å². The van der Waals surface area contributed by atoms with Crippen molar-refractivity contribution in [1.82, 2.24) is 5.32 Å². The highest BCUT2D eigenvalue weighted by atomic mass is 19.1. The second-order valence-electron chi connectivity index (χ2n) is 2.49. The Kier molecular flexibility index (Phi) is 1.84. The lowest BCUT2D eigenvalue weighted by Gasteiger charge is -2.22. The highest BCUT2D eigenvalue weighted by Crippen LogP contribution is 2.13. The van der Waals surface area contributed by atoms with Crippen LogP contribution in [0.3, 0.4) is 0 Å². The van der Waals surface area contributed by atoms with Gasteiger partial charge in [-0.25, -0.2) is 4.39 Å². The van der Waals surface area contributed by atoms with Gasteiger partial charge in [0.15, 0.2) is 0 Å². The van der Waals surface area contributed by atoms with Crippen molar-refractivity contribution in [1.29, 1.82) is 0 Å². The molecule has 1 N–H and O–H groups in total. The zero-order chi connectivity index (χ0) is 5.98. The summed E-state index contributed by atoms with van der Waals surface area (Å²) >= 11 is 0. The van der Waals surface area contributed by atoms with E-state index in [0.717, 1.165) is 13.0 Å². The molecule has 0 aromatic rings. The van der Waals surface area contributed by atoms with Gasteiger partial charge in [-0.05, 0) is 18.9 Å². The molecular formula is C6H12FN. The molecule has 0 radical (unpaired) electrons. The first-order valence-electron chi connectivity index (χ1n) is 3.15. The zero-order valence-electron chi connectivity index (χ0n) is 5.15. The molecule has 0 spiro atoms. The van der Waals surface area contributed by atoms with Crippen LogP contribution in [-0.2, 0) is 0 Å². The summed E-state index contributed by atoms with van der Waals surface area (Å²) in [5, 5.41) is 2.99. The van der Waals surface area contributed by atoms with E-state index in [1.54, 1.807) is 0 Å². The van der Waals surface area contributed by atoms with Crippen LogP contribution in [-0.4, -0.2) is 19.3 Å². The molecule has 0 bridgehead atoms. The maximum atomic E-state index is 12.5. The monoisotopic (exact) mass is 117 g/mol. The number of piperidine rings is 1. The normalized spacial score (nSPS) is 39.8. The van der Waals surface area contributed by atoms with Crippen LogP contribution in [0.15, 0.2) is 0 Å². The fraction of sp³-hybridized carbons (Fsp3) is 1.00. The second kappa shape index (κ2) is 2.44. The van der Waals surface area contributed by atoms with E-state index in [1.165, 1.54) is 0 Å². The van der Waals surface area contributed by atoms with E-state index < -0.39 is 6.17 Å². The maximum Gasteiger partial charge on any atom is 0.115 e. The molecule has 1 nitrogen and oxygen atoms in total. The molecule has 1 rings (SSSR count). The summed E-state index contributed by atoms with van der Waals surface area (Å²) in [6.07, 6.45) is 0.380. The van der Waals surface area contributed by atoms with Crippen molar-refractivity contribution in [3.8, 4) is 0 Å². The van der Waals surface area contributed by atoms with Crippen molar-refractivity contribution in [3.05, 3.63) is 0 Å². The van der Waals surface area contributed by atoms with Crippen LogP contribution in [0.1, 0.15) is 13.3 Å². The lowest BCUT2D eigenvalue weighted by Crippen LogP contribution is -2.36. The molecule has 1 aliphatic heterocycles. The van der Waals surface area contributed by atoms with Crippen molar-refractivity contribution < 1.29 is 4.39 Å². The molecule has 0 aliphatic carbocycles. The van der Waals surface area contributed by atoms with E-state index in [0.29, 0.717) is 6.54 Å². The van der Waals surface area contributed by atoms with Crippen molar-refractivity contribution in [3.63, 3.8) is 0 Å². The van der Waals surface area contributed by atoms with Crippen molar-refractivity contribution in [2.24, 2.45) is 5.92 Å². The quantitative estimate of drug-likeness (QED) is 0.498. The molecule has 0 amide bonds. The third kappa shape index (κ3) is 1.19. The molecule has 48 valence electrons. The predicted octanol–water partition coefficient (Wildman–Crippen LogP) is 0.954. The van der Waals surface area contributed by atoms with Gasteiger partial charge in [0, 0.05) is 6.54 Å². The van der Waals surface area contributed by atoms with E-state index in [-0.39, 0.29) is 5.92 Å². The van der Waals surface area contributed by atoms with E-state index in [9.17, 15) is 4.39 Å². The number of hydrogen-bond acceptors (Lipinski definition) is 1. The Balaban J connectivity index is 2.28. The highest BCUT2D eigenvalue weighted by Gasteiger charge is 2.18. The Hall–Kier alpha value is -0.110. The summed E-state index contributed by atoms with van der Waals surface area (Å²) in [5.74, 6) is 0.274. The molecule has 0 saturated carbocycles. The first-order valence-corrected chi connectivity index (χ1v) is 3.15. The molecule has 1 fully saturated rings. The van der Waals surface area contributed by atoms with Gasteiger partial charge in [-0.15, -0.1) is 0 Å². The van der Waals surface area contributed by atoms with Crippen LogP contribution in [0, 0.1) is 5.92 Å². The number of nitrogens with one attached hydrogen (secondary N) is 1. The number of hydrogen-bond donors (Lipinski definition) is 1. The summed E-state index contributed by atoms with van der Waals surface area (Å²) < 4.78 is 12.5. The topological polar surface area (TPSA) is 12.0 Å². The molecule has 0 aromatic heterocycles. The minimum absolute atomic E-state index is 0.274. The fourth-order valence-electron chi connectivity index (χ4n) is 0.952. The summed E-state index contributed by atoms with van der Waals surface area (Å²) in [7, 11) is 0. The maximum absolute atomic E-state index is 12.5. The third-order valence-electron chi connectivity index (χ3n) is 1.73. The summed E-state index contributed by atoms with van der Waals surface area (Å²) in [4.78, 5) is 0. The molecule has 2 heteroatoms. The Morgan fingerprint density at radius 2 is 2.38 bits per heavy atom. The van der Waals surface area contributed by atoms with E-state index in [1.807, 2.05) is 6.92 Å². The van der Waals surface area contributed by atoms with Gasteiger partial charge in [0.25, 0.3) is 0 Å². The van der Waals surface area contributed by atoms with Crippen molar-refractivity contribution >= 4 is 0 Å². The summed E-state index contributed by atoms with van der Waals surface area (Å²) in [6, 6.07) is 0. The van der Waals surface area contributed by atoms with Crippen LogP contribution in [0.2, 0.25) is 0 Å². The Morgan fingerprint density at radius 1 is 1.62 bits per heavy atom. The third-order valence-corrected chi connectivity index (χ3v) is 1.73. The molecule has 0 aromatic carbocycles. The molecule has 1 aliphatic rings. The number of alkyl halides is 1. The predicted molar refractivity (Wildman–Crippen MR) is 31.5 cm³/mol. The van der Waals surface area contributed by atoms with Gasteiger partial charge in [0.1, 0.15) is 6.17 Å². The van der Waals surface area contributed by atoms with Gasteiger partial charge in [0.2, 0.25) is 0 Å². The Morgan fingerprint density at radius 3 is 2.75 bits per heavy atom. The SMILES string of the molecule is C[C@@H]1CCNCC1F. The molecule has 2 atom stereocenters. The fourth-order valence-corrected chi connectivity index (χ4v) is 0.952. The average molecular weight is 117 g/mol. The van der Waals surface area contributed by atoms with Crippen LogP contribution < -0.4 is 5.32 Å². The standard InChI is InChI=1S/C6H12FN/c1-5-2-3-8-4-6(5)7/h5-6,8H,2-4H2,1H3/t5-,6?/m1/s1. The Bertz CT molecular complexity index is 64.9. The minimum atomic E-state index is -0.608. The van der Waals surface area contributed by atoms with Gasteiger partial charge in [-0.1, -0.05) is 6.92 Å². The van der Waals surface area contributed by atoms with Crippen molar-refractivity contribution in [2.75, 3.05) is 13.1 Å². The van der Waals surface area contributed by atoms with Crippen molar-refractivity contribution in [2.45, 2.75) is 19.5 Å². The highest BCUT2D eigenvalue weighted by molar-refractivity contribution is 4.73. The van der Waals surface area contributed by atoms with Gasteiger partial charge in [-0.2, -0.15) is 0 Å². The van der Waals surface area contributed by atoms with Gasteiger partial charge in [0.05, 0.1) is 0 Å². The van der Waals surface area contributed by atoms with Gasteiger partial charge < -0.3 is 5.32 Å². The number of halogens is 1. The molecule has 1 heterocycles. The first-order chi connectivity index (χ1) is 3.80. The minimum Gasteiger partial charge on any atom is -0.314 e. The van der Waals surface area contributed by atoms with E-state index in [2.05, 4.69) is 5.32 Å². The van der Waals surface area contributed by atoms with E-state index >= 15 is 0 Å². The van der Waals surface area contributed by atoms with Crippen LogP contribution in [0.5, 0.6) is 0 Å². The van der Waals surface area contributed by atoms with Crippen LogP contribution >= 0.6 is 0 Å². The summed E-state index contributed by atoms with van der Waals surface area (Å²) in [6.45, 7) is 3.51. The molecule has 1 unspecified atom stereocenters. The molecular weight excluding hydrogens is 105 g/mol. The first kappa shape index (κ1) is 6.02.